The topological polar surface area (TPSA) is 46.4 Å². The average Bonchev–Trinajstić information content (AvgIpc) is 3.10. The van der Waals surface area contributed by atoms with Crippen LogP contribution in [0, 0.1) is 5.92 Å². The summed E-state index contributed by atoms with van der Waals surface area (Å²) in [7, 11) is 2.06. The summed E-state index contributed by atoms with van der Waals surface area (Å²) in [5.74, 6) is 1.61. The highest BCUT2D eigenvalue weighted by molar-refractivity contribution is 5.08. The van der Waals surface area contributed by atoms with Crippen molar-refractivity contribution in [1.82, 2.24) is 24.3 Å². The first kappa shape index (κ1) is 17.6. The Labute approximate surface area is 155 Å². The molecule has 2 aromatic rings. The van der Waals surface area contributed by atoms with E-state index in [0.717, 1.165) is 58.1 Å². The lowest BCUT2D eigenvalue weighted by Crippen LogP contribution is -2.48. The van der Waals surface area contributed by atoms with Crippen molar-refractivity contribution in [2.45, 2.75) is 25.5 Å². The lowest BCUT2D eigenvalue weighted by Gasteiger charge is -2.39. The normalized spacial score (nSPS) is 25.4. The molecule has 0 spiro atoms. The second-order valence-corrected chi connectivity index (χ2v) is 7.53. The van der Waals surface area contributed by atoms with Crippen LogP contribution in [0.5, 0.6) is 0 Å². The summed E-state index contributed by atoms with van der Waals surface area (Å²) in [6, 6.07) is 4.18. The SMILES string of the molecule is Cn1ccnc1[C@@H]1OCCC[C@H]1CN1CCN(Cc2cccnc2)CC1. The standard InChI is InChI=1S/C20H29N5O/c1-23-8-7-22-20(23)19-18(5-3-13-26-19)16-25-11-9-24(10-12-25)15-17-4-2-6-21-14-17/h2,4,6-8,14,18-19H,3,5,9-13,15-16H2,1H3/t18-,19+/m0/s1. The van der Waals surface area contributed by atoms with Crippen LogP contribution in [0.4, 0.5) is 0 Å². The maximum Gasteiger partial charge on any atom is 0.137 e. The number of hydrogen-bond donors (Lipinski definition) is 0. The molecule has 2 fully saturated rings. The molecule has 0 amide bonds. The molecule has 0 saturated carbocycles. The highest BCUT2D eigenvalue weighted by Crippen LogP contribution is 2.33. The highest BCUT2D eigenvalue weighted by atomic mass is 16.5. The summed E-state index contributed by atoms with van der Waals surface area (Å²) in [5.41, 5.74) is 1.30. The minimum Gasteiger partial charge on any atom is -0.370 e. The van der Waals surface area contributed by atoms with Crippen molar-refractivity contribution < 1.29 is 4.74 Å². The number of piperazine rings is 1. The second kappa shape index (κ2) is 8.29. The quantitative estimate of drug-likeness (QED) is 0.822. The number of nitrogens with zero attached hydrogens (tertiary/aromatic N) is 5. The molecule has 2 aromatic heterocycles. The summed E-state index contributed by atoms with van der Waals surface area (Å²) >= 11 is 0. The number of rotatable bonds is 5. The monoisotopic (exact) mass is 355 g/mol. The van der Waals surface area contributed by atoms with E-state index in [1.807, 2.05) is 30.9 Å². The fraction of sp³-hybridized carbons (Fsp3) is 0.600. The summed E-state index contributed by atoms with van der Waals surface area (Å²) in [5, 5.41) is 0. The molecule has 4 rings (SSSR count). The van der Waals surface area contributed by atoms with Crippen molar-refractivity contribution in [2.75, 3.05) is 39.3 Å². The number of hydrogen-bond acceptors (Lipinski definition) is 5. The summed E-state index contributed by atoms with van der Waals surface area (Å²) in [4.78, 5) is 13.9. The van der Waals surface area contributed by atoms with E-state index < -0.39 is 0 Å². The highest BCUT2D eigenvalue weighted by Gasteiger charge is 2.32. The Morgan fingerprint density at radius 1 is 1.15 bits per heavy atom. The minimum atomic E-state index is 0.136. The molecule has 140 valence electrons. The number of aryl methyl sites for hydroxylation is 1. The molecule has 0 N–H and O–H groups in total. The molecule has 2 aliphatic heterocycles. The van der Waals surface area contributed by atoms with E-state index in [4.69, 9.17) is 4.74 Å². The molecule has 6 nitrogen and oxygen atoms in total. The maximum absolute atomic E-state index is 6.13. The van der Waals surface area contributed by atoms with Crippen LogP contribution in [0.1, 0.15) is 30.3 Å². The Hall–Kier alpha value is -1.76. The Kier molecular flexibility index (Phi) is 5.62. The minimum absolute atomic E-state index is 0.136. The van der Waals surface area contributed by atoms with E-state index in [1.165, 1.54) is 12.0 Å². The molecule has 4 heterocycles. The fourth-order valence-corrected chi connectivity index (χ4v) is 4.18. The second-order valence-electron chi connectivity index (χ2n) is 7.53. The van der Waals surface area contributed by atoms with Crippen molar-refractivity contribution in [3.05, 3.63) is 48.3 Å². The van der Waals surface area contributed by atoms with Crippen LogP contribution < -0.4 is 0 Å². The average molecular weight is 355 g/mol. The molecular weight excluding hydrogens is 326 g/mol. The van der Waals surface area contributed by atoms with Crippen LogP contribution in [0.2, 0.25) is 0 Å². The van der Waals surface area contributed by atoms with Crippen molar-refractivity contribution in [2.24, 2.45) is 13.0 Å². The predicted octanol–water partition coefficient (Wildman–Crippen LogP) is 2.10. The van der Waals surface area contributed by atoms with Gasteiger partial charge in [0.05, 0.1) is 0 Å². The van der Waals surface area contributed by atoms with Gasteiger partial charge in [0.2, 0.25) is 0 Å². The summed E-state index contributed by atoms with van der Waals surface area (Å²) in [6.07, 6.45) is 10.2. The summed E-state index contributed by atoms with van der Waals surface area (Å²) < 4.78 is 8.24. The third-order valence-electron chi connectivity index (χ3n) is 5.64. The van der Waals surface area contributed by atoms with Crippen LogP contribution in [0.25, 0.3) is 0 Å². The van der Waals surface area contributed by atoms with Gasteiger partial charge in [-0.2, -0.15) is 0 Å². The van der Waals surface area contributed by atoms with Gasteiger partial charge in [0.15, 0.2) is 0 Å². The molecule has 0 aliphatic carbocycles. The van der Waals surface area contributed by atoms with Gasteiger partial charge in [-0.1, -0.05) is 6.07 Å². The Balaban J connectivity index is 1.31. The number of pyridine rings is 1. The van der Waals surface area contributed by atoms with E-state index >= 15 is 0 Å². The van der Waals surface area contributed by atoms with Gasteiger partial charge in [-0.05, 0) is 24.5 Å². The largest absolute Gasteiger partial charge is 0.370 e. The first-order valence-electron chi connectivity index (χ1n) is 9.72. The molecule has 2 saturated heterocycles. The Bertz CT molecular complexity index is 681. The molecular formula is C20H29N5O. The van der Waals surface area contributed by atoms with E-state index in [1.54, 1.807) is 0 Å². The van der Waals surface area contributed by atoms with Gasteiger partial charge in [0, 0.05) is 83.6 Å². The van der Waals surface area contributed by atoms with Crippen molar-refractivity contribution in [1.29, 1.82) is 0 Å². The van der Waals surface area contributed by atoms with Crippen molar-refractivity contribution >= 4 is 0 Å². The maximum atomic E-state index is 6.13. The number of ether oxygens (including phenoxy) is 1. The van der Waals surface area contributed by atoms with Gasteiger partial charge >= 0.3 is 0 Å². The first-order chi connectivity index (χ1) is 12.8. The first-order valence-corrected chi connectivity index (χ1v) is 9.72. The lowest BCUT2D eigenvalue weighted by atomic mass is 9.92. The smallest absolute Gasteiger partial charge is 0.137 e. The Morgan fingerprint density at radius 3 is 2.73 bits per heavy atom. The molecule has 0 aromatic carbocycles. The molecule has 2 atom stereocenters. The van der Waals surface area contributed by atoms with Crippen LogP contribution >= 0.6 is 0 Å². The number of imidazole rings is 1. The molecule has 2 aliphatic rings. The van der Waals surface area contributed by atoms with Gasteiger partial charge in [-0.3, -0.25) is 9.88 Å². The summed E-state index contributed by atoms with van der Waals surface area (Å²) in [6.45, 7) is 7.47. The molecule has 0 bridgehead atoms. The molecule has 0 radical (unpaired) electrons. The lowest BCUT2D eigenvalue weighted by molar-refractivity contribution is -0.0487. The fourth-order valence-electron chi connectivity index (χ4n) is 4.18. The van der Waals surface area contributed by atoms with Crippen LogP contribution in [-0.2, 0) is 18.3 Å². The van der Waals surface area contributed by atoms with E-state index in [0.29, 0.717) is 5.92 Å². The van der Waals surface area contributed by atoms with E-state index in [9.17, 15) is 0 Å². The van der Waals surface area contributed by atoms with E-state index in [2.05, 4.69) is 37.4 Å². The van der Waals surface area contributed by atoms with Gasteiger partial charge in [0.1, 0.15) is 11.9 Å². The Morgan fingerprint density at radius 2 is 2.00 bits per heavy atom. The molecule has 26 heavy (non-hydrogen) atoms. The van der Waals surface area contributed by atoms with Crippen LogP contribution in [0.3, 0.4) is 0 Å². The van der Waals surface area contributed by atoms with Crippen molar-refractivity contribution in [3.63, 3.8) is 0 Å². The van der Waals surface area contributed by atoms with Gasteiger partial charge in [0.25, 0.3) is 0 Å². The van der Waals surface area contributed by atoms with Crippen LogP contribution in [0.15, 0.2) is 36.9 Å². The third-order valence-corrected chi connectivity index (χ3v) is 5.64. The molecule has 6 heteroatoms. The van der Waals surface area contributed by atoms with Gasteiger partial charge in [-0.25, -0.2) is 4.98 Å². The predicted molar refractivity (Wildman–Crippen MR) is 101 cm³/mol. The van der Waals surface area contributed by atoms with Gasteiger partial charge < -0.3 is 14.2 Å². The zero-order valence-electron chi connectivity index (χ0n) is 15.6. The van der Waals surface area contributed by atoms with Crippen molar-refractivity contribution in [3.8, 4) is 0 Å². The number of aromatic nitrogens is 3. The zero-order chi connectivity index (χ0) is 17.8. The zero-order valence-corrected chi connectivity index (χ0v) is 15.6. The third kappa shape index (κ3) is 4.14. The van der Waals surface area contributed by atoms with Crippen LogP contribution in [-0.4, -0.2) is 63.7 Å². The molecule has 0 unspecified atom stereocenters. The van der Waals surface area contributed by atoms with Gasteiger partial charge in [-0.15, -0.1) is 0 Å². The van der Waals surface area contributed by atoms with E-state index in [-0.39, 0.29) is 6.10 Å².